The summed E-state index contributed by atoms with van der Waals surface area (Å²) in [6.45, 7) is 9.21. The number of nitrogens with one attached hydrogen (secondary N) is 1. The molecule has 1 aromatic rings. The topological polar surface area (TPSA) is 127 Å². The minimum absolute atomic E-state index is 0.00497. The van der Waals surface area contributed by atoms with Crippen molar-refractivity contribution < 1.29 is 29.0 Å². The number of amides is 2. The normalized spacial score (nSPS) is 26.9. The Morgan fingerprint density at radius 2 is 1.90 bits per heavy atom. The van der Waals surface area contributed by atoms with Crippen LogP contribution < -0.4 is 15.6 Å². The summed E-state index contributed by atoms with van der Waals surface area (Å²) in [6.07, 6.45) is 9.89. The smallest absolute Gasteiger partial charge is 0.408 e. The molecule has 2 heterocycles. The summed E-state index contributed by atoms with van der Waals surface area (Å²) in [5.41, 5.74) is -1.82. The van der Waals surface area contributed by atoms with E-state index in [4.69, 9.17) is 9.47 Å². The molecule has 41 heavy (non-hydrogen) atoms. The van der Waals surface area contributed by atoms with Gasteiger partial charge in [0.2, 0.25) is 5.91 Å². The molecule has 10 heteroatoms. The number of alkyl carbamates (subject to hydrolysis) is 1. The predicted molar refractivity (Wildman–Crippen MR) is 154 cm³/mol. The molecule has 3 aliphatic rings. The lowest BCUT2D eigenvalue weighted by atomic mass is 9.93. The molecule has 0 radical (unpaired) electrons. The number of likely N-dealkylation sites (tertiary alicyclic amines) is 1. The van der Waals surface area contributed by atoms with Crippen molar-refractivity contribution in [3.05, 3.63) is 53.9 Å². The number of nitrogens with zero attached hydrogens (tertiary/aromatic N) is 2. The number of aliphatic carboxylic acids is 1. The summed E-state index contributed by atoms with van der Waals surface area (Å²) in [5, 5.41) is 13.1. The van der Waals surface area contributed by atoms with Crippen LogP contribution in [-0.4, -0.2) is 62.9 Å². The number of carboxylic acid groups (broad SMARTS) is 1. The molecule has 2 saturated carbocycles. The molecule has 2 N–H and O–H groups in total. The number of hydrogen-bond donors (Lipinski definition) is 2. The Morgan fingerprint density at radius 3 is 2.59 bits per heavy atom. The predicted octanol–water partition coefficient (Wildman–Crippen LogP) is 4.28. The summed E-state index contributed by atoms with van der Waals surface area (Å²) < 4.78 is 13.4. The van der Waals surface area contributed by atoms with Crippen LogP contribution in [0.5, 0.6) is 5.88 Å². The lowest BCUT2D eigenvalue weighted by molar-refractivity contribution is -0.156. The van der Waals surface area contributed by atoms with Gasteiger partial charge in [0.15, 0.2) is 5.88 Å². The maximum Gasteiger partial charge on any atom is 0.408 e. The number of allylic oxidation sites excluding steroid dienone is 2. The van der Waals surface area contributed by atoms with E-state index < -0.39 is 35.7 Å². The van der Waals surface area contributed by atoms with Gasteiger partial charge in [-0.3, -0.25) is 14.2 Å². The number of aromatic nitrogens is 1. The lowest BCUT2D eigenvalue weighted by Gasteiger charge is -2.35. The molecule has 0 aromatic carbocycles. The van der Waals surface area contributed by atoms with Crippen LogP contribution in [0.1, 0.15) is 71.1 Å². The standard InChI is InChI=1S/C31H43N3O7/c1-4-6-11-21-14-9-15-24(21)41-30(39)32-27(22-12-7-8-13-22)28(36)34-20-23(19-31(34,3)29(37)38)40-26-17-10-16-25(35)33(26)18-5-2/h4-5,10,16-17,21-24,27H,1-2,6-9,11-15,18-20H2,3H3,(H,32,39)(H,37,38)/t21-,23-,24-,27+,31+/m1/s1. The quantitative estimate of drug-likeness (QED) is 0.360. The highest BCUT2D eigenvalue weighted by Crippen LogP contribution is 2.36. The van der Waals surface area contributed by atoms with Gasteiger partial charge in [0.05, 0.1) is 6.54 Å². The second-order valence-electron chi connectivity index (χ2n) is 11.7. The van der Waals surface area contributed by atoms with Crippen LogP contribution in [0.15, 0.2) is 48.3 Å². The zero-order valence-electron chi connectivity index (χ0n) is 24.0. The number of pyridine rings is 1. The van der Waals surface area contributed by atoms with Crippen molar-refractivity contribution in [2.24, 2.45) is 11.8 Å². The minimum atomic E-state index is -1.55. The van der Waals surface area contributed by atoms with Gasteiger partial charge in [-0.05, 0) is 69.8 Å². The Bertz CT molecular complexity index is 1190. The number of hydrogen-bond acceptors (Lipinski definition) is 6. The first-order valence-electron chi connectivity index (χ1n) is 14.8. The molecule has 10 nitrogen and oxygen atoms in total. The molecular formula is C31H43N3O7. The summed E-state index contributed by atoms with van der Waals surface area (Å²) >= 11 is 0. The second-order valence-corrected chi connectivity index (χ2v) is 11.7. The Balaban J connectivity index is 1.52. The first-order valence-corrected chi connectivity index (χ1v) is 14.8. The first kappa shape index (κ1) is 30.4. The molecule has 0 spiro atoms. The van der Waals surface area contributed by atoms with Crippen LogP contribution in [0.4, 0.5) is 4.79 Å². The van der Waals surface area contributed by atoms with Crippen LogP contribution in [0.2, 0.25) is 0 Å². The van der Waals surface area contributed by atoms with Crippen molar-refractivity contribution in [2.45, 2.75) is 101 Å². The monoisotopic (exact) mass is 569 g/mol. The van der Waals surface area contributed by atoms with E-state index in [2.05, 4.69) is 18.5 Å². The van der Waals surface area contributed by atoms with E-state index >= 15 is 0 Å². The third-order valence-corrected chi connectivity index (χ3v) is 8.94. The van der Waals surface area contributed by atoms with E-state index in [-0.39, 0.29) is 48.9 Å². The van der Waals surface area contributed by atoms with Gasteiger partial charge < -0.3 is 24.8 Å². The van der Waals surface area contributed by atoms with Gasteiger partial charge in [-0.1, -0.05) is 31.1 Å². The fraction of sp³-hybridized carbons (Fsp3) is 0.613. The molecule has 4 rings (SSSR count). The Labute approximate surface area is 241 Å². The Morgan fingerprint density at radius 1 is 1.15 bits per heavy atom. The van der Waals surface area contributed by atoms with E-state index in [1.54, 1.807) is 18.2 Å². The highest BCUT2D eigenvalue weighted by molar-refractivity contribution is 5.92. The van der Waals surface area contributed by atoms with Crippen LogP contribution in [0, 0.1) is 11.8 Å². The van der Waals surface area contributed by atoms with Crippen molar-refractivity contribution in [3.8, 4) is 5.88 Å². The minimum Gasteiger partial charge on any atom is -0.480 e. The largest absolute Gasteiger partial charge is 0.480 e. The average molecular weight is 570 g/mol. The van der Waals surface area contributed by atoms with E-state index in [1.165, 1.54) is 22.5 Å². The molecule has 2 amide bonds. The van der Waals surface area contributed by atoms with Gasteiger partial charge in [0.25, 0.3) is 5.56 Å². The van der Waals surface area contributed by atoms with E-state index in [1.807, 2.05) is 6.08 Å². The molecule has 0 bridgehead atoms. The number of carbonyl (C=O) groups is 3. The van der Waals surface area contributed by atoms with E-state index in [0.29, 0.717) is 0 Å². The van der Waals surface area contributed by atoms with E-state index in [9.17, 15) is 24.3 Å². The molecule has 5 atom stereocenters. The van der Waals surface area contributed by atoms with Crippen LogP contribution in [-0.2, 0) is 20.9 Å². The molecule has 1 aliphatic heterocycles. The highest BCUT2D eigenvalue weighted by atomic mass is 16.6. The third-order valence-electron chi connectivity index (χ3n) is 8.94. The van der Waals surface area contributed by atoms with Gasteiger partial charge in [-0.2, -0.15) is 0 Å². The van der Waals surface area contributed by atoms with Crippen molar-refractivity contribution in [3.63, 3.8) is 0 Å². The SMILES string of the molecule is C=CCC[C@@H]1CCC[C@H]1OC(=O)N[C@H](C(=O)N1C[C@H](Oc2cccc(=O)n2CC=C)C[C@@]1(C)C(=O)O)C1CCCC1. The molecule has 3 fully saturated rings. The number of ether oxygens (including phenoxy) is 2. The molecular weight excluding hydrogens is 526 g/mol. The molecule has 2 aliphatic carbocycles. The third kappa shape index (κ3) is 6.85. The summed E-state index contributed by atoms with van der Waals surface area (Å²) in [7, 11) is 0. The van der Waals surface area contributed by atoms with Gasteiger partial charge in [0, 0.05) is 19.0 Å². The van der Waals surface area contributed by atoms with Gasteiger partial charge >= 0.3 is 12.1 Å². The number of rotatable bonds is 12. The van der Waals surface area contributed by atoms with Crippen molar-refractivity contribution >= 4 is 18.0 Å². The average Bonchev–Trinajstić information content (AvgIpc) is 3.69. The Hall–Kier alpha value is -3.56. The van der Waals surface area contributed by atoms with Gasteiger partial charge in [0.1, 0.15) is 23.8 Å². The molecule has 0 unspecified atom stereocenters. The molecule has 224 valence electrons. The van der Waals surface area contributed by atoms with Crippen molar-refractivity contribution in [2.75, 3.05) is 6.54 Å². The second kappa shape index (κ2) is 13.4. The maximum atomic E-state index is 14.1. The fourth-order valence-electron chi connectivity index (χ4n) is 6.68. The fourth-order valence-corrected chi connectivity index (χ4v) is 6.68. The van der Waals surface area contributed by atoms with Gasteiger partial charge in [-0.15, -0.1) is 13.2 Å². The first-order chi connectivity index (χ1) is 19.7. The van der Waals surface area contributed by atoms with E-state index in [0.717, 1.165) is 57.8 Å². The van der Waals surface area contributed by atoms with Crippen LogP contribution in [0.3, 0.4) is 0 Å². The van der Waals surface area contributed by atoms with Crippen molar-refractivity contribution in [1.82, 2.24) is 14.8 Å². The zero-order chi connectivity index (χ0) is 29.6. The summed E-state index contributed by atoms with van der Waals surface area (Å²) in [4.78, 5) is 53.5. The summed E-state index contributed by atoms with van der Waals surface area (Å²) in [5.74, 6) is -1.17. The zero-order valence-corrected chi connectivity index (χ0v) is 24.0. The lowest BCUT2D eigenvalue weighted by Crippen LogP contribution is -2.59. The Kier molecular flexibility index (Phi) is 9.94. The number of carbonyl (C=O) groups excluding carboxylic acids is 2. The number of carboxylic acids is 1. The molecule has 1 saturated heterocycles. The van der Waals surface area contributed by atoms with Crippen molar-refractivity contribution in [1.29, 1.82) is 0 Å². The van der Waals surface area contributed by atoms with Crippen LogP contribution in [0.25, 0.3) is 0 Å². The van der Waals surface area contributed by atoms with Crippen LogP contribution >= 0.6 is 0 Å². The molecule has 1 aromatic heterocycles. The maximum absolute atomic E-state index is 14.1. The summed E-state index contributed by atoms with van der Waals surface area (Å²) in [6, 6.07) is 3.72. The van der Waals surface area contributed by atoms with Gasteiger partial charge in [-0.25, -0.2) is 9.59 Å². The highest BCUT2D eigenvalue weighted by Gasteiger charge is 2.53.